The van der Waals surface area contributed by atoms with Crippen molar-refractivity contribution in [1.82, 2.24) is 4.90 Å². The van der Waals surface area contributed by atoms with Crippen molar-refractivity contribution in [2.24, 2.45) is 5.92 Å². The maximum Gasteiger partial charge on any atom is 0.407 e. The van der Waals surface area contributed by atoms with Crippen molar-refractivity contribution in [3.05, 3.63) is 0 Å². The molecule has 16 heavy (non-hydrogen) atoms. The Morgan fingerprint density at radius 2 is 2.00 bits per heavy atom. The Morgan fingerprint density at radius 3 is 2.44 bits per heavy atom. The van der Waals surface area contributed by atoms with Crippen LogP contribution in [0.2, 0.25) is 0 Å². The van der Waals surface area contributed by atoms with Crippen molar-refractivity contribution in [3.63, 3.8) is 0 Å². The van der Waals surface area contributed by atoms with Crippen LogP contribution in [0.15, 0.2) is 0 Å². The van der Waals surface area contributed by atoms with Crippen LogP contribution in [-0.4, -0.2) is 34.0 Å². The first kappa shape index (κ1) is 13.0. The van der Waals surface area contributed by atoms with Crippen LogP contribution in [0.25, 0.3) is 0 Å². The topological polar surface area (TPSA) is 57.6 Å². The van der Waals surface area contributed by atoms with Crippen molar-refractivity contribution in [2.75, 3.05) is 0 Å². The maximum atomic E-state index is 11.3. The van der Waals surface area contributed by atoms with Gasteiger partial charge in [-0.2, -0.15) is 0 Å². The molecule has 0 aliphatic heterocycles. The minimum absolute atomic E-state index is 0.0125. The molecule has 0 aromatic carbocycles. The van der Waals surface area contributed by atoms with Crippen LogP contribution in [0, 0.1) is 5.92 Å². The molecule has 2 atom stereocenters. The molecular weight excluding hydrogens is 206 g/mol. The Kier molecular flexibility index (Phi) is 3.94. The van der Waals surface area contributed by atoms with E-state index in [1.54, 1.807) is 0 Å². The zero-order chi connectivity index (χ0) is 12.3. The lowest BCUT2D eigenvalue weighted by Gasteiger charge is -2.42. The second-order valence-electron chi connectivity index (χ2n) is 5.54. The summed E-state index contributed by atoms with van der Waals surface area (Å²) in [6, 6.07) is -0.0125. The fourth-order valence-electron chi connectivity index (χ4n) is 2.55. The van der Waals surface area contributed by atoms with Gasteiger partial charge in [-0.1, -0.05) is 6.42 Å². The van der Waals surface area contributed by atoms with Crippen molar-refractivity contribution < 1.29 is 14.7 Å². The highest BCUT2D eigenvalue weighted by Gasteiger charge is 2.35. The molecule has 1 fully saturated rings. The van der Waals surface area contributed by atoms with E-state index in [1.807, 2.05) is 20.8 Å². The van der Waals surface area contributed by atoms with E-state index in [0.29, 0.717) is 6.42 Å². The van der Waals surface area contributed by atoms with Crippen LogP contribution >= 0.6 is 0 Å². The molecule has 2 unspecified atom stereocenters. The molecule has 1 aliphatic carbocycles. The van der Waals surface area contributed by atoms with Crippen LogP contribution in [-0.2, 0) is 4.79 Å². The zero-order valence-electron chi connectivity index (χ0n) is 10.3. The third-order valence-corrected chi connectivity index (χ3v) is 3.17. The van der Waals surface area contributed by atoms with E-state index in [1.165, 1.54) is 4.90 Å². The van der Waals surface area contributed by atoms with E-state index in [9.17, 15) is 14.7 Å². The summed E-state index contributed by atoms with van der Waals surface area (Å²) in [5.74, 6) is 0.0305. The van der Waals surface area contributed by atoms with Crippen molar-refractivity contribution in [1.29, 1.82) is 0 Å². The number of hydrogen-bond donors (Lipinski definition) is 1. The van der Waals surface area contributed by atoms with E-state index in [-0.39, 0.29) is 12.0 Å². The van der Waals surface area contributed by atoms with Crippen molar-refractivity contribution >= 4 is 12.4 Å². The number of rotatable bonds is 2. The highest BCUT2D eigenvalue weighted by atomic mass is 16.4. The molecule has 0 heterocycles. The van der Waals surface area contributed by atoms with Gasteiger partial charge in [0.1, 0.15) is 6.29 Å². The molecule has 4 nitrogen and oxygen atoms in total. The van der Waals surface area contributed by atoms with E-state index in [4.69, 9.17) is 0 Å². The molecule has 0 aromatic rings. The number of hydrogen-bond acceptors (Lipinski definition) is 2. The van der Waals surface area contributed by atoms with E-state index < -0.39 is 11.6 Å². The molecule has 0 radical (unpaired) electrons. The molecule has 0 spiro atoms. The highest BCUT2D eigenvalue weighted by molar-refractivity contribution is 5.66. The van der Waals surface area contributed by atoms with Crippen LogP contribution in [0.3, 0.4) is 0 Å². The predicted octanol–water partition coefficient (Wildman–Crippen LogP) is 2.52. The normalized spacial score (nSPS) is 26.2. The van der Waals surface area contributed by atoms with Crippen LogP contribution < -0.4 is 0 Å². The summed E-state index contributed by atoms with van der Waals surface area (Å²) in [7, 11) is 0. The van der Waals surface area contributed by atoms with E-state index >= 15 is 0 Å². The average molecular weight is 227 g/mol. The van der Waals surface area contributed by atoms with Gasteiger partial charge in [0.2, 0.25) is 0 Å². The van der Waals surface area contributed by atoms with Crippen LogP contribution in [0.5, 0.6) is 0 Å². The summed E-state index contributed by atoms with van der Waals surface area (Å²) in [5.41, 5.74) is -0.402. The largest absolute Gasteiger partial charge is 0.465 e. The lowest BCUT2D eigenvalue weighted by molar-refractivity contribution is -0.112. The Balaban J connectivity index is 2.79. The Bertz CT molecular complexity index is 270. The second kappa shape index (κ2) is 4.85. The number of aldehydes is 1. The molecule has 0 aromatic heterocycles. The molecule has 1 saturated carbocycles. The predicted molar refractivity (Wildman–Crippen MR) is 61.4 cm³/mol. The lowest BCUT2D eigenvalue weighted by atomic mass is 9.84. The van der Waals surface area contributed by atoms with Gasteiger partial charge < -0.3 is 14.8 Å². The Morgan fingerprint density at radius 1 is 1.38 bits per heavy atom. The van der Waals surface area contributed by atoms with Crippen molar-refractivity contribution in [2.45, 2.75) is 58.0 Å². The minimum atomic E-state index is -0.885. The quantitative estimate of drug-likeness (QED) is 0.737. The summed E-state index contributed by atoms with van der Waals surface area (Å²) in [6.07, 6.45) is 3.46. The van der Waals surface area contributed by atoms with Gasteiger partial charge in [-0.25, -0.2) is 4.79 Å². The van der Waals surface area contributed by atoms with Gasteiger partial charge in [0, 0.05) is 17.5 Å². The molecule has 1 amide bonds. The Labute approximate surface area is 96.6 Å². The SMILES string of the molecule is CC(C)(C)N(C(=O)O)C1CCCC(C=O)C1. The molecule has 1 aliphatic rings. The smallest absolute Gasteiger partial charge is 0.407 e. The number of carboxylic acid groups (broad SMARTS) is 1. The molecule has 92 valence electrons. The van der Waals surface area contributed by atoms with E-state index in [2.05, 4.69) is 0 Å². The number of carbonyl (C=O) groups excluding carboxylic acids is 1. The van der Waals surface area contributed by atoms with Crippen LogP contribution in [0.1, 0.15) is 46.5 Å². The fraction of sp³-hybridized carbons (Fsp3) is 0.833. The third kappa shape index (κ3) is 2.97. The summed E-state index contributed by atoms with van der Waals surface area (Å²) < 4.78 is 0. The molecule has 0 saturated heterocycles. The molecule has 0 bridgehead atoms. The molecule has 1 N–H and O–H groups in total. The molecule has 4 heteroatoms. The average Bonchev–Trinajstić information content (AvgIpc) is 2.15. The van der Waals surface area contributed by atoms with Gasteiger partial charge in [0.25, 0.3) is 0 Å². The standard InChI is InChI=1S/C12H21NO3/c1-12(2,3)13(11(15)16)10-6-4-5-9(7-10)8-14/h8-10H,4-7H2,1-3H3,(H,15,16). The number of nitrogens with zero attached hydrogens (tertiary/aromatic N) is 1. The molecule has 1 rings (SSSR count). The van der Waals surface area contributed by atoms with Gasteiger partial charge in [-0.05, 0) is 40.0 Å². The van der Waals surface area contributed by atoms with Gasteiger partial charge in [-0.3, -0.25) is 0 Å². The number of carbonyl (C=O) groups is 2. The maximum absolute atomic E-state index is 11.3. The van der Waals surface area contributed by atoms with Gasteiger partial charge in [0.05, 0.1) is 0 Å². The van der Waals surface area contributed by atoms with Gasteiger partial charge in [0.15, 0.2) is 0 Å². The lowest BCUT2D eigenvalue weighted by Crippen LogP contribution is -2.52. The third-order valence-electron chi connectivity index (χ3n) is 3.17. The second-order valence-corrected chi connectivity index (χ2v) is 5.54. The summed E-state index contributed by atoms with van der Waals surface area (Å²) >= 11 is 0. The van der Waals surface area contributed by atoms with Crippen LogP contribution in [0.4, 0.5) is 4.79 Å². The Hall–Kier alpha value is -1.06. The fourth-order valence-corrected chi connectivity index (χ4v) is 2.55. The summed E-state index contributed by atoms with van der Waals surface area (Å²) in [6.45, 7) is 5.68. The highest BCUT2D eigenvalue weighted by Crippen LogP contribution is 2.30. The van der Waals surface area contributed by atoms with Crippen molar-refractivity contribution in [3.8, 4) is 0 Å². The van der Waals surface area contributed by atoms with Gasteiger partial charge >= 0.3 is 6.09 Å². The number of amides is 1. The monoisotopic (exact) mass is 227 g/mol. The van der Waals surface area contributed by atoms with E-state index in [0.717, 1.165) is 25.5 Å². The minimum Gasteiger partial charge on any atom is -0.465 e. The van der Waals surface area contributed by atoms with Gasteiger partial charge in [-0.15, -0.1) is 0 Å². The molecular formula is C12H21NO3. The first-order chi connectivity index (χ1) is 7.36. The first-order valence-electron chi connectivity index (χ1n) is 5.84. The summed E-state index contributed by atoms with van der Waals surface area (Å²) in [5, 5.41) is 9.26. The summed E-state index contributed by atoms with van der Waals surface area (Å²) in [4.78, 5) is 23.6. The zero-order valence-corrected chi connectivity index (χ0v) is 10.3. The first-order valence-corrected chi connectivity index (χ1v) is 5.84.